The van der Waals surface area contributed by atoms with Crippen LogP contribution in [0.25, 0.3) is 0 Å². The van der Waals surface area contributed by atoms with Crippen LogP contribution in [0.15, 0.2) is 0 Å². The molecule has 0 aromatic heterocycles. The maximum atomic E-state index is 9.66. The first-order valence-corrected chi connectivity index (χ1v) is 6.23. The molecule has 0 radical (unpaired) electrons. The summed E-state index contributed by atoms with van der Waals surface area (Å²) in [5.41, 5.74) is 4.79. The molecule has 1 fully saturated rings. The molecule has 0 amide bonds. The van der Waals surface area contributed by atoms with Gasteiger partial charge in [0.15, 0.2) is 0 Å². The predicted molar refractivity (Wildman–Crippen MR) is 59.0 cm³/mol. The van der Waals surface area contributed by atoms with Crippen LogP contribution in [0.5, 0.6) is 0 Å². The van der Waals surface area contributed by atoms with Crippen LogP contribution in [-0.2, 0) is 0 Å². The van der Waals surface area contributed by atoms with Gasteiger partial charge in [-0.1, -0.05) is 12.8 Å². The van der Waals surface area contributed by atoms with E-state index >= 15 is 0 Å². The molecule has 0 heterocycles. The second kappa shape index (κ2) is 5.23. The molecule has 0 aromatic carbocycles. The average Bonchev–Trinajstić information content (AvgIpc) is 2.57. The standard InChI is InChI=1S/C10H21NOS/c1-10(12,8-11)6-7-13-9-4-2-3-5-9/h9,12H,2-8,11H2,1H3. The van der Waals surface area contributed by atoms with Gasteiger partial charge < -0.3 is 10.8 Å². The van der Waals surface area contributed by atoms with Gasteiger partial charge in [-0.05, 0) is 31.9 Å². The Kier molecular flexibility index (Phi) is 4.56. The molecule has 1 aliphatic rings. The molecular weight excluding hydrogens is 182 g/mol. The van der Waals surface area contributed by atoms with Gasteiger partial charge in [-0.2, -0.15) is 11.8 Å². The third-order valence-corrected chi connectivity index (χ3v) is 4.12. The van der Waals surface area contributed by atoms with Crippen molar-refractivity contribution in [3.63, 3.8) is 0 Å². The molecule has 1 saturated carbocycles. The molecule has 0 bridgehead atoms. The van der Waals surface area contributed by atoms with Crippen LogP contribution >= 0.6 is 11.8 Å². The Balaban J connectivity index is 2.06. The monoisotopic (exact) mass is 203 g/mol. The Labute approximate surface area is 85.3 Å². The fraction of sp³-hybridized carbons (Fsp3) is 1.00. The zero-order chi connectivity index (χ0) is 9.73. The van der Waals surface area contributed by atoms with E-state index in [9.17, 15) is 5.11 Å². The summed E-state index contributed by atoms with van der Waals surface area (Å²) in [5, 5.41) is 10.5. The maximum absolute atomic E-state index is 9.66. The molecule has 0 spiro atoms. The lowest BCUT2D eigenvalue weighted by molar-refractivity contribution is 0.0665. The smallest absolute Gasteiger partial charge is 0.0749 e. The van der Waals surface area contributed by atoms with Gasteiger partial charge in [0, 0.05) is 11.8 Å². The van der Waals surface area contributed by atoms with Crippen LogP contribution in [0.3, 0.4) is 0 Å². The highest BCUT2D eigenvalue weighted by Crippen LogP contribution is 2.30. The van der Waals surface area contributed by atoms with Gasteiger partial charge in [0.1, 0.15) is 0 Å². The lowest BCUT2D eigenvalue weighted by Crippen LogP contribution is -2.34. The fourth-order valence-electron chi connectivity index (χ4n) is 1.60. The molecule has 0 saturated heterocycles. The van der Waals surface area contributed by atoms with E-state index in [4.69, 9.17) is 5.73 Å². The maximum Gasteiger partial charge on any atom is 0.0749 e. The molecule has 2 nitrogen and oxygen atoms in total. The van der Waals surface area contributed by atoms with E-state index in [0.29, 0.717) is 6.54 Å². The molecule has 0 aromatic rings. The summed E-state index contributed by atoms with van der Waals surface area (Å²) in [7, 11) is 0. The van der Waals surface area contributed by atoms with Crippen molar-refractivity contribution in [2.75, 3.05) is 12.3 Å². The van der Waals surface area contributed by atoms with Gasteiger partial charge in [0.2, 0.25) is 0 Å². The minimum atomic E-state index is -0.647. The Morgan fingerprint density at radius 1 is 1.46 bits per heavy atom. The Morgan fingerprint density at radius 3 is 2.62 bits per heavy atom. The van der Waals surface area contributed by atoms with Gasteiger partial charge in [-0.15, -0.1) is 0 Å². The third kappa shape index (κ3) is 4.34. The number of nitrogens with two attached hydrogens (primary N) is 1. The van der Waals surface area contributed by atoms with Crippen LogP contribution in [0.2, 0.25) is 0 Å². The summed E-state index contributed by atoms with van der Waals surface area (Å²) in [5.74, 6) is 1.05. The molecule has 3 N–H and O–H groups in total. The van der Waals surface area contributed by atoms with E-state index in [1.165, 1.54) is 25.7 Å². The van der Waals surface area contributed by atoms with E-state index in [2.05, 4.69) is 0 Å². The van der Waals surface area contributed by atoms with Gasteiger partial charge >= 0.3 is 0 Å². The number of aliphatic hydroxyl groups is 1. The van der Waals surface area contributed by atoms with Crippen LogP contribution < -0.4 is 5.73 Å². The summed E-state index contributed by atoms with van der Waals surface area (Å²) < 4.78 is 0. The third-order valence-electron chi connectivity index (χ3n) is 2.74. The Hall–Kier alpha value is 0.270. The zero-order valence-corrected chi connectivity index (χ0v) is 9.28. The number of rotatable bonds is 5. The number of hydrogen-bond acceptors (Lipinski definition) is 3. The lowest BCUT2D eigenvalue weighted by Gasteiger charge is -2.21. The number of hydrogen-bond donors (Lipinski definition) is 2. The SMILES string of the molecule is CC(O)(CN)CCSC1CCCC1. The van der Waals surface area contributed by atoms with Crippen LogP contribution in [0, 0.1) is 0 Å². The van der Waals surface area contributed by atoms with Crippen molar-refractivity contribution >= 4 is 11.8 Å². The van der Waals surface area contributed by atoms with E-state index in [0.717, 1.165) is 17.4 Å². The molecule has 78 valence electrons. The Bertz CT molecular complexity index is 144. The summed E-state index contributed by atoms with van der Waals surface area (Å²) in [6, 6.07) is 0. The molecule has 1 rings (SSSR count). The first-order valence-electron chi connectivity index (χ1n) is 5.18. The molecule has 1 aliphatic carbocycles. The molecule has 3 heteroatoms. The summed E-state index contributed by atoms with van der Waals surface area (Å²) >= 11 is 2.01. The summed E-state index contributed by atoms with van der Waals surface area (Å²) in [6.45, 7) is 2.19. The highest BCUT2D eigenvalue weighted by molar-refractivity contribution is 7.99. The highest BCUT2D eigenvalue weighted by Gasteiger charge is 2.20. The highest BCUT2D eigenvalue weighted by atomic mass is 32.2. The second-order valence-electron chi connectivity index (χ2n) is 4.23. The average molecular weight is 203 g/mol. The largest absolute Gasteiger partial charge is 0.389 e. The van der Waals surface area contributed by atoms with Crippen molar-refractivity contribution in [1.82, 2.24) is 0 Å². The molecular formula is C10H21NOS. The quantitative estimate of drug-likeness (QED) is 0.716. The van der Waals surface area contributed by atoms with E-state index in [1.54, 1.807) is 0 Å². The fourth-order valence-corrected chi connectivity index (χ4v) is 3.16. The number of thioether (sulfide) groups is 1. The van der Waals surface area contributed by atoms with E-state index in [-0.39, 0.29) is 0 Å². The van der Waals surface area contributed by atoms with Crippen molar-refractivity contribution in [3.8, 4) is 0 Å². The van der Waals surface area contributed by atoms with Crippen molar-refractivity contribution in [1.29, 1.82) is 0 Å². The summed E-state index contributed by atoms with van der Waals surface area (Å²) in [6.07, 6.45) is 6.35. The van der Waals surface area contributed by atoms with Crippen LogP contribution in [0.1, 0.15) is 39.0 Å². The molecule has 0 aliphatic heterocycles. The van der Waals surface area contributed by atoms with Crippen LogP contribution in [0.4, 0.5) is 0 Å². The van der Waals surface area contributed by atoms with Crippen molar-refractivity contribution in [2.45, 2.75) is 49.9 Å². The zero-order valence-electron chi connectivity index (χ0n) is 8.46. The minimum Gasteiger partial charge on any atom is -0.389 e. The lowest BCUT2D eigenvalue weighted by atomic mass is 10.1. The van der Waals surface area contributed by atoms with Crippen molar-refractivity contribution in [3.05, 3.63) is 0 Å². The van der Waals surface area contributed by atoms with E-state index in [1.807, 2.05) is 18.7 Å². The van der Waals surface area contributed by atoms with Crippen LogP contribution in [-0.4, -0.2) is 28.3 Å². The Morgan fingerprint density at radius 2 is 2.08 bits per heavy atom. The van der Waals surface area contributed by atoms with Gasteiger partial charge in [-0.25, -0.2) is 0 Å². The second-order valence-corrected chi connectivity index (χ2v) is 5.64. The normalized spacial score (nSPS) is 23.3. The minimum absolute atomic E-state index is 0.373. The molecule has 1 unspecified atom stereocenters. The first-order chi connectivity index (χ1) is 6.14. The van der Waals surface area contributed by atoms with Gasteiger partial charge in [0.05, 0.1) is 5.60 Å². The van der Waals surface area contributed by atoms with E-state index < -0.39 is 5.60 Å². The molecule has 13 heavy (non-hydrogen) atoms. The summed E-state index contributed by atoms with van der Waals surface area (Å²) in [4.78, 5) is 0. The van der Waals surface area contributed by atoms with Gasteiger partial charge in [-0.3, -0.25) is 0 Å². The first kappa shape index (κ1) is 11.3. The predicted octanol–water partition coefficient (Wildman–Crippen LogP) is 1.76. The molecule has 1 atom stereocenters. The van der Waals surface area contributed by atoms with Crippen molar-refractivity contribution in [2.24, 2.45) is 5.73 Å². The van der Waals surface area contributed by atoms with Crippen molar-refractivity contribution < 1.29 is 5.11 Å². The topological polar surface area (TPSA) is 46.2 Å². The van der Waals surface area contributed by atoms with Gasteiger partial charge in [0.25, 0.3) is 0 Å².